The SMILES string of the molecule is COc1ccc(-c2ccc3nc(N)nc(N4CCN(C(=O)N(Cc5ccccc5)OC)CC4)c3n2)cc1OC. The van der Waals surface area contributed by atoms with Crippen molar-refractivity contribution < 1.29 is 19.1 Å². The Morgan fingerprint density at radius 3 is 2.33 bits per heavy atom. The Hall–Kier alpha value is -4.64. The molecule has 2 N–H and O–H groups in total. The number of pyridine rings is 1. The fraction of sp³-hybridized carbons (Fsp3) is 0.286. The number of amides is 2. The molecule has 0 bridgehead atoms. The average Bonchev–Trinajstić information content (AvgIpc) is 2.99. The minimum Gasteiger partial charge on any atom is -0.493 e. The summed E-state index contributed by atoms with van der Waals surface area (Å²) in [5, 5.41) is 1.38. The summed E-state index contributed by atoms with van der Waals surface area (Å²) in [6.45, 7) is 2.47. The summed E-state index contributed by atoms with van der Waals surface area (Å²) in [7, 11) is 4.71. The standard InChI is InChI=1S/C28H31N7O4/c1-37-23-12-9-20(17-24(23)38-2)21-10-11-22-25(30-21)26(32-27(29)31-22)33-13-15-34(16-14-33)28(36)35(39-3)18-19-7-5-4-6-8-19/h4-12,17H,13-16,18H2,1-3H3,(H2,29,31,32). The molecule has 11 nitrogen and oxygen atoms in total. The van der Waals surface area contributed by atoms with Gasteiger partial charge in [0, 0.05) is 31.7 Å². The lowest BCUT2D eigenvalue weighted by Gasteiger charge is -2.37. The van der Waals surface area contributed by atoms with E-state index in [4.69, 9.17) is 25.0 Å². The van der Waals surface area contributed by atoms with Crippen molar-refractivity contribution in [3.8, 4) is 22.8 Å². The number of nitrogens with two attached hydrogens (primary N) is 1. The van der Waals surface area contributed by atoms with Gasteiger partial charge in [-0.05, 0) is 35.9 Å². The lowest BCUT2D eigenvalue weighted by atomic mass is 10.1. The second-order valence-electron chi connectivity index (χ2n) is 9.00. The van der Waals surface area contributed by atoms with Gasteiger partial charge >= 0.3 is 6.03 Å². The van der Waals surface area contributed by atoms with Crippen LogP contribution in [-0.4, -0.2) is 78.5 Å². The van der Waals surface area contributed by atoms with Gasteiger partial charge in [0.25, 0.3) is 0 Å². The first-order chi connectivity index (χ1) is 19.0. The largest absolute Gasteiger partial charge is 0.493 e. The van der Waals surface area contributed by atoms with Gasteiger partial charge in [-0.1, -0.05) is 30.3 Å². The maximum Gasteiger partial charge on any atom is 0.344 e. The smallest absolute Gasteiger partial charge is 0.344 e. The number of ether oxygens (including phenoxy) is 2. The molecule has 2 aromatic heterocycles. The van der Waals surface area contributed by atoms with Gasteiger partial charge in [0.15, 0.2) is 17.3 Å². The topological polar surface area (TPSA) is 119 Å². The van der Waals surface area contributed by atoms with Gasteiger partial charge in [-0.25, -0.2) is 14.8 Å². The Morgan fingerprint density at radius 2 is 1.64 bits per heavy atom. The van der Waals surface area contributed by atoms with Gasteiger partial charge in [-0.3, -0.25) is 4.84 Å². The molecule has 0 radical (unpaired) electrons. The van der Waals surface area contributed by atoms with Crippen molar-refractivity contribution in [1.82, 2.24) is 24.9 Å². The van der Waals surface area contributed by atoms with Crippen LogP contribution < -0.4 is 20.1 Å². The van der Waals surface area contributed by atoms with Gasteiger partial charge in [0.05, 0.1) is 39.1 Å². The summed E-state index contributed by atoms with van der Waals surface area (Å²) < 4.78 is 10.8. The van der Waals surface area contributed by atoms with Crippen LogP contribution >= 0.6 is 0 Å². The molecule has 1 fully saturated rings. The molecule has 0 saturated carbocycles. The van der Waals surface area contributed by atoms with Crippen LogP contribution in [0.2, 0.25) is 0 Å². The number of carbonyl (C=O) groups is 1. The summed E-state index contributed by atoms with van der Waals surface area (Å²) in [5.41, 5.74) is 9.94. The van der Waals surface area contributed by atoms with Crippen molar-refractivity contribution in [1.29, 1.82) is 0 Å². The first-order valence-electron chi connectivity index (χ1n) is 12.6. The summed E-state index contributed by atoms with van der Waals surface area (Å²) >= 11 is 0. The molecule has 4 aromatic rings. The number of carbonyl (C=O) groups excluding carboxylic acids is 1. The molecule has 2 aromatic carbocycles. The molecule has 1 aliphatic rings. The first-order valence-corrected chi connectivity index (χ1v) is 12.6. The monoisotopic (exact) mass is 529 g/mol. The van der Waals surface area contributed by atoms with Crippen LogP contribution in [-0.2, 0) is 11.4 Å². The highest BCUT2D eigenvalue weighted by Crippen LogP contribution is 2.33. The third kappa shape index (κ3) is 5.48. The van der Waals surface area contributed by atoms with Crippen molar-refractivity contribution in [2.45, 2.75) is 6.54 Å². The fourth-order valence-electron chi connectivity index (χ4n) is 4.62. The van der Waals surface area contributed by atoms with Crippen molar-refractivity contribution in [3.63, 3.8) is 0 Å². The summed E-state index contributed by atoms with van der Waals surface area (Å²) in [4.78, 5) is 36.3. The third-order valence-corrected chi connectivity index (χ3v) is 6.67. The molecule has 0 unspecified atom stereocenters. The number of hydroxylamine groups is 2. The number of hydrogen-bond acceptors (Lipinski definition) is 9. The van der Waals surface area contributed by atoms with Crippen LogP contribution in [0.25, 0.3) is 22.3 Å². The van der Waals surface area contributed by atoms with Crippen LogP contribution in [0.4, 0.5) is 16.6 Å². The Kier molecular flexibility index (Phi) is 7.60. The molecular formula is C28H31N7O4. The zero-order valence-electron chi connectivity index (χ0n) is 22.2. The Labute approximate surface area is 226 Å². The van der Waals surface area contributed by atoms with Crippen LogP contribution in [0.1, 0.15) is 5.56 Å². The van der Waals surface area contributed by atoms with E-state index in [1.54, 1.807) is 19.1 Å². The molecule has 202 valence electrons. The van der Waals surface area contributed by atoms with Gasteiger partial charge in [0.2, 0.25) is 5.95 Å². The highest BCUT2D eigenvalue weighted by atomic mass is 16.7. The number of fused-ring (bicyclic) bond motifs is 1. The summed E-state index contributed by atoms with van der Waals surface area (Å²) in [6.07, 6.45) is 0. The lowest BCUT2D eigenvalue weighted by molar-refractivity contribution is -0.104. The number of anilines is 2. The maximum atomic E-state index is 13.2. The predicted octanol–water partition coefficient (Wildman–Crippen LogP) is 3.60. The van der Waals surface area contributed by atoms with Crippen molar-refractivity contribution in [2.24, 2.45) is 0 Å². The number of benzene rings is 2. The van der Waals surface area contributed by atoms with Crippen molar-refractivity contribution in [3.05, 3.63) is 66.2 Å². The van der Waals surface area contributed by atoms with E-state index >= 15 is 0 Å². The fourth-order valence-corrected chi connectivity index (χ4v) is 4.62. The van der Waals surface area contributed by atoms with Gasteiger partial charge < -0.3 is 25.0 Å². The molecule has 39 heavy (non-hydrogen) atoms. The van der Waals surface area contributed by atoms with Gasteiger partial charge in [0.1, 0.15) is 5.52 Å². The quantitative estimate of drug-likeness (QED) is 0.358. The van der Waals surface area contributed by atoms with Crippen LogP contribution in [0, 0.1) is 0 Å². The van der Waals surface area contributed by atoms with Crippen LogP contribution in [0.5, 0.6) is 11.5 Å². The average molecular weight is 530 g/mol. The molecule has 1 saturated heterocycles. The van der Waals surface area contributed by atoms with E-state index in [0.29, 0.717) is 61.1 Å². The Morgan fingerprint density at radius 1 is 0.897 bits per heavy atom. The number of piperazine rings is 1. The van der Waals surface area contributed by atoms with Crippen LogP contribution in [0.15, 0.2) is 60.7 Å². The van der Waals surface area contributed by atoms with Crippen molar-refractivity contribution in [2.75, 3.05) is 58.1 Å². The number of methoxy groups -OCH3 is 2. The highest BCUT2D eigenvalue weighted by molar-refractivity contribution is 5.89. The third-order valence-electron chi connectivity index (χ3n) is 6.67. The second kappa shape index (κ2) is 11.4. The number of rotatable bonds is 7. The van der Waals surface area contributed by atoms with E-state index < -0.39 is 0 Å². The maximum absolute atomic E-state index is 13.2. The Bertz CT molecular complexity index is 1460. The van der Waals surface area contributed by atoms with Crippen molar-refractivity contribution >= 4 is 28.8 Å². The van der Waals surface area contributed by atoms with E-state index in [0.717, 1.165) is 16.8 Å². The van der Waals surface area contributed by atoms with Crippen LogP contribution in [0.3, 0.4) is 0 Å². The molecule has 0 aliphatic carbocycles. The van der Waals surface area contributed by atoms with E-state index in [2.05, 4.69) is 14.9 Å². The second-order valence-corrected chi connectivity index (χ2v) is 9.00. The zero-order chi connectivity index (χ0) is 27.4. The first kappa shape index (κ1) is 26.0. The van der Waals surface area contributed by atoms with E-state index in [1.807, 2.05) is 60.7 Å². The van der Waals surface area contributed by atoms with E-state index in [9.17, 15) is 4.79 Å². The van der Waals surface area contributed by atoms with E-state index in [-0.39, 0.29) is 12.0 Å². The highest BCUT2D eigenvalue weighted by Gasteiger charge is 2.28. The molecular weight excluding hydrogens is 498 g/mol. The normalized spacial score (nSPS) is 13.4. The minimum atomic E-state index is -0.179. The molecule has 11 heteroatoms. The molecule has 5 rings (SSSR count). The molecule has 0 atom stereocenters. The molecule has 3 heterocycles. The number of aromatic nitrogens is 3. The number of nitrogens with zero attached hydrogens (tertiary/aromatic N) is 6. The van der Waals surface area contributed by atoms with E-state index in [1.165, 1.54) is 12.2 Å². The van der Waals surface area contributed by atoms with Gasteiger partial charge in [-0.15, -0.1) is 0 Å². The zero-order valence-corrected chi connectivity index (χ0v) is 22.2. The molecule has 1 aliphatic heterocycles. The summed E-state index contributed by atoms with van der Waals surface area (Å²) in [6, 6.07) is 19.0. The number of hydrogen-bond donors (Lipinski definition) is 1. The van der Waals surface area contributed by atoms with Gasteiger partial charge in [-0.2, -0.15) is 10.0 Å². The number of nitrogen functional groups attached to an aromatic ring is 1. The molecule has 0 spiro atoms. The molecule has 2 amide bonds. The lowest BCUT2D eigenvalue weighted by Crippen LogP contribution is -2.52. The summed E-state index contributed by atoms with van der Waals surface area (Å²) in [5.74, 6) is 2.07. The predicted molar refractivity (Wildman–Crippen MR) is 148 cm³/mol. The Balaban J connectivity index is 1.36. The minimum absolute atomic E-state index is 0.171. The number of urea groups is 1.